The predicted octanol–water partition coefficient (Wildman–Crippen LogP) is 3.74. The van der Waals surface area contributed by atoms with E-state index in [4.69, 9.17) is 9.47 Å². The van der Waals surface area contributed by atoms with Crippen LogP contribution in [0, 0.1) is 5.41 Å². The number of aliphatic carboxylic acids is 1. The highest BCUT2D eigenvalue weighted by molar-refractivity contribution is 5.76. The number of carboxylic acid groups (broad SMARTS) is 1. The molecule has 0 saturated carbocycles. The lowest BCUT2D eigenvalue weighted by Crippen LogP contribution is -2.47. The van der Waals surface area contributed by atoms with Crippen LogP contribution in [-0.2, 0) is 22.6 Å². The number of carbonyl (C=O) groups is 2. The van der Waals surface area contributed by atoms with Gasteiger partial charge in [0, 0.05) is 13.1 Å². The van der Waals surface area contributed by atoms with Crippen LogP contribution in [0.2, 0.25) is 0 Å². The molecule has 1 N–H and O–H groups in total. The van der Waals surface area contributed by atoms with Gasteiger partial charge in [-0.3, -0.25) is 4.79 Å². The molecule has 0 aliphatic carbocycles. The summed E-state index contributed by atoms with van der Waals surface area (Å²) in [6.07, 6.45) is 0.829. The van der Waals surface area contributed by atoms with E-state index in [2.05, 4.69) is 0 Å². The maximum absolute atomic E-state index is 12.3. The molecule has 0 bridgehead atoms. The first kappa shape index (κ1) is 19.7. The minimum absolute atomic E-state index is 0.214. The van der Waals surface area contributed by atoms with E-state index < -0.39 is 17.5 Å². The van der Waals surface area contributed by atoms with Gasteiger partial charge in [0.25, 0.3) is 0 Å². The van der Waals surface area contributed by atoms with Gasteiger partial charge in [-0.15, -0.1) is 0 Å². The molecule has 0 spiro atoms. The Morgan fingerprint density at radius 2 is 1.64 bits per heavy atom. The van der Waals surface area contributed by atoms with Crippen molar-refractivity contribution in [2.75, 3.05) is 20.2 Å². The van der Waals surface area contributed by atoms with Gasteiger partial charge in [-0.05, 0) is 42.5 Å². The molecule has 0 aromatic heterocycles. The molecular weight excluding hydrogens is 358 g/mol. The van der Waals surface area contributed by atoms with Crippen molar-refractivity contribution in [3.8, 4) is 5.75 Å². The molecule has 6 heteroatoms. The minimum atomic E-state index is -0.870. The fourth-order valence-corrected chi connectivity index (χ4v) is 3.53. The molecule has 1 saturated heterocycles. The zero-order valence-corrected chi connectivity index (χ0v) is 16.0. The van der Waals surface area contributed by atoms with Crippen LogP contribution in [-0.4, -0.2) is 42.3 Å². The van der Waals surface area contributed by atoms with Gasteiger partial charge in [-0.25, -0.2) is 4.79 Å². The van der Waals surface area contributed by atoms with Gasteiger partial charge in [-0.1, -0.05) is 42.5 Å². The van der Waals surface area contributed by atoms with Crippen LogP contribution in [0.25, 0.3) is 0 Å². The van der Waals surface area contributed by atoms with E-state index in [-0.39, 0.29) is 6.61 Å². The van der Waals surface area contributed by atoms with Crippen molar-refractivity contribution in [2.45, 2.75) is 25.9 Å². The van der Waals surface area contributed by atoms with Crippen LogP contribution in [0.3, 0.4) is 0 Å². The maximum atomic E-state index is 12.3. The Labute approximate surface area is 164 Å². The zero-order chi connectivity index (χ0) is 20.0. The largest absolute Gasteiger partial charge is 0.497 e. The van der Waals surface area contributed by atoms with Crippen LogP contribution >= 0.6 is 0 Å². The molecular formula is C22H25NO5. The molecule has 1 aliphatic heterocycles. The molecule has 6 nitrogen and oxygen atoms in total. The van der Waals surface area contributed by atoms with Gasteiger partial charge in [-0.2, -0.15) is 0 Å². The first-order valence-electron chi connectivity index (χ1n) is 9.34. The number of piperidine rings is 1. The number of carboxylic acids is 1. The molecule has 0 atom stereocenters. The quantitative estimate of drug-likeness (QED) is 0.822. The standard InChI is InChI=1S/C22H25NO5/c1-27-19-9-7-17(8-10-19)15-22(20(24)25)11-13-23(14-12-22)21(26)28-16-18-5-3-2-4-6-18/h2-10H,11-16H2,1H3,(H,24,25). The number of methoxy groups -OCH3 is 1. The summed E-state index contributed by atoms with van der Waals surface area (Å²) in [5.41, 5.74) is 1.00. The molecule has 0 radical (unpaired) electrons. The smallest absolute Gasteiger partial charge is 0.410 e. The van der Waals surface area contributed by atoms with Crippen molar-refractivity contribution >= 4 is 12.1 Å². The molecule has 0 unspecified atom stereocenters. The van der Waals surface area contributed by atoms with Gasteiger partial charge < -0.3 is 19.5 Å². The summed E-state index contributed by atoms with van der Waals surface area (Å²) in [6.45, 7) is 0.957. The van der Waals surface area contributed by atoms with Crippen LogP contribution < -0.4 is 4.74 Å². The van der Waals surface area contributed by atoms with Gasteiger partial charge in [0.15, 0.2) is 0 Å². The molecule has 2 aromatic rings. The van der Waals surface area contributed by atoms with Crippen LogP contribution in [0.15, 0.2) is 54.6 Å². The van der Waals surface area contributed by atoms with Crippen molar-refractivity contribution in [1.29, 1.82) is 0 Å². The van der Waals surface area contributed by atoms with Crippen molar-refractivity contribution < 1.29 is 24.2 Å². The summed E-state index contributed by atoms with van der Waals surface area (Å²) >= 11 is 0. The molecule has 1 fully saturated rings. The Morgan fingerprint density at radius 1 is 1.00 bits per heavy atom. The first-order chi connectivity index (χ1) is 13.5. The monoisotopic (exact) mass is 383 g/mol. The van der Waals surface area contributed by atoms with E-state index in [1.807, 2.05) is 54.6 Å². The Balaban J connectivity index is 1.58. The number of carbonyl (C=O) groups excluding carboxylic acids is 1. The van der Waals surface area contributed by atoms with Gasteiger partial charge in [0.05, 0.1) is 12.5 Å². The van der Waals surface area contributed by atoms with Gasteiger partial charge in [0.1, 0.15) is 12.4 Å². The first-order valence-corrected chi connectivity index (χ1v) is 9.34. The topological polar surface area (TPSA) is 76.1 Å². The van der Waals surface area contributed by atoms with Crippen molar-refractivity contribution in [3.63, 3.8) is 0 Å². The highest BCUT2D eigenvalue weighted by Gasteiger charge is 2.42. The third-order valence-corrected chi connectivity index (χ3v) is 5.34. The molecule has 1 aliphatic rings. The van der Waals surface area contributed by atoms with E-state index in [0.29, 0.717) is 32.4 Å². The summed E-state index contributed by atoms with van der Waals surface area (Å²) in [6, 6.07) is 16.9. The number of ether oxygens (including phenoxy) is 2. The number of hydrogen-bond donors (Lipinski definition) is 1. The van der Waals surface area contributed by atoms with Crippen molar-refractivity contribution in [3.05, 3.63) is 65.7 Å². The highest BCUT2D eigenvalue weighted by Crippen LogP contribution is 2.36. The van der Waals surface area contributed by atoms with E-state index in [1.54, 1.807) is 12.0 Å². The Kier molecular flexibility index (Phi) is 6.19. The van der Waals surface area contributed by atoms with Crippen LogP contribution in [0.4, 0.5) is 4.79 Å². The number of likely N-dealkylation sites (tertiary alicyclic amines) is 1. The normalized spacial score (nSPS) is 15.7. The second-order valence-electron chi connectivity index (χ2n) is 7.14. The lowest BCUT2D eigenvalue weighted by atomic mass is 9.74. The number of nitrogens with zero attached hydrogens (tertiary/aromatic N) is 1. The van der Waals surface area contributed by atoms with E-state index in [9.17, 15) is 14.7 Å². The molecule has 28 heavy (non-hydrogen) atoms. The SMILES string of the molecule is COc1ccc(CC2(C(=O)O)CCN(C(=O)OCc3ccccc3)CC2)cc1. The zero-order valence-electron chi connectivity index (χ0n) is 16.0. The minimum Gasteiger partial charge on any atom is -0.497 e. The Bertz CT molecular complexity index is 795. The predicted molar refractivity (Wildman–Crippen MR) is 104 cm³/mol. The van der Waals surface area contributed by atoms with E-state index >= 15 is 0 Å². The average molecular weight is 383 g/mol. The second kappa shape index (κ2) is 8.78. The van der Waals surface area contributed by atoms with E-state index in [1.165, 1.54) is 0 Å². The maximum Gasteiger partial charge on any atom is 0.410 e. The highest BCUT2D eigenvalue weighted by atomic mass is 16.6. The van der Waals surface area contributed by atoms with Gasteiger partial charge >= 0.3 is 12.1 Å². The Morgan fingerprint density at radius 3 is 2.21 bits per heavy atom. The summed E-state index contributed by atoms with van der Waals surface area (Å²) in [5, 5.41) is 9.87. The summed E-state index contributed by atoms with van der Waals surface area (Å²) in [4.78, 5) is 26.0. The lowest BCUT2D eigenvalue weighted by Gasteiger charge is -2.38. The number of hydrogen-bond acceptors (Lipinski definition) is 4. The van der Waals surface area contributed by atoms with Crippen LogP contribution in [0.1, 0.15) is 24.0 Å². The van der Waals surface area contributed by atoms with Crippen molar-refractivity contribution in [2.24, 2.45) is 5.41 Å². The average Bonchev–Trinajstić information content (AvgIpc) is 2.73. The second-order valence-corrected chi connectivity index (χ2v) is 7.14. The van der Waals surface area contributed by atoms with Crippen molar-refractivity contribution in [1.82, 2.24) is 4.90 Å². The number of amides is 1. The summed E-state index contributed by atoms with van der Waals surface area (Å²) < 4.78 is 10.5. The fourth-order valence-electron chi connectivity index (χ4n) is 3.53. The summed E-state index contributed by atoms with van der Waals surface area (Å²) in [5.74, 6) is -0.0790. The molecule has 2 aromatic carbocycles. The third kappa shape index (κ3) is 4.63. The molecule has 3 rings (SSSR count). The lowest BCUT2D eigenvalue weighted by molar-refractivity contribution is -0.151. The third-order valence-electron chi connectivity index (χ3n) is 5.34. The fraction of sp³-hybridized carbons (Fsp3) is 0.364. The number of benzene rings is 2. The Hall–Kier alpha value is -3.02. The summed E-state index contributed by atoms with van der Waals surface area (Å²) in [7, 11) is 1.60. The van der Waals surface area contributed by atoms with E-state index in [0.717, 1.165) is 16.9 Å². The molecule has 1 heterocycles. The molecule has 148 valence electrons. The van der Waals surface area contributed by atoms with Crippen LogP contribution in [0.5, 0.6) is 5.75 Å². The molecule has 1 amide bonds. The van der Waals surface area contributed by atoms with Gasteiger partial charge in [0.2, 0.25) is 0 Å². The number of rotatable bonds is 6.